The molecule has 0 bridgehead atoms. The Morgan fingerprint density at radius 2 is 1.78 bits per heavy atom. The van der Waals surface area contributed by atoms with Gasteiger partial charge < -0.3 is 10.2 Å². The Labute approximate surface area is 108 Å². The lowest BCUT2D eigenvalue weighted by atomic mass is 9.94. The molecular formula is C14H22N2O2. The Kier molecular flexibility index (Phi) is 2.65. The number of carbonyl (C=O) groups excluding carboxylic acids is 2. The average Bonchev–Trinajstić information content (AvgIpc) is 3.14. The average molecular weight is 250 g/mol. The molecule has 1 N–H and O–H groups in total. The molecular weight excluding hydrogens is 228 g/mol. The van der Waals surface area contributed by atoms with Crippen molar-refractivity contribution in [2.75, 3.05) is 13.1 Å². The predicted molar refractivity (Wildman–Crippen MR) is 67.7 cm³/mol. The maximum atomic E-state index is 12.3. The van der Waals surface area contributed by atoms with Crippen LogP contribution in [0.2, 0.25) is 0 Å². The molecule has 0 aromatic heterocycles. The zero-order valence-corrected chi connectivity index (χ0v) is 11.2. The molecule has 3 rings (SSSR count). The van der Waals surface area contributed by atoms with E-state index in [0.29, 0.717) is 5.92 Å². The van der Waals surface area contributed by atoms with Crippen LogP contribution in [-0.4, -0.2) is 35.3 Å². The summed E-state index contributed by atoms with van der Waals surface area (Å²) in [6.45, 7) is 4.63. The summed E-state index contributed by atoms with van der Waals surface area (Å²) in [7, 11) is 0. The highest BCUT2D eigenvalue weighted by Crippen LogP contribution is 2.49. The van der Waals surface area contributed by atoms with E-state index >= 15 is 0 Å². The third kappa shape index (κ3) is 2.25. The van der Waals surface area contributed by atoms with Crippen molar-refractivity contribution in [3.05, 3.63) is 0 Å². The van der Waals surface area contributed by atoms with Gasteiger partial charge in [-0.25, -0.2) is 0 Å². The van der Waals surface area contributed by atoms with Crippen molar-refractivity contribution in [1.82, 2.24) is 10.2 Å². The summed E-state index contributed by atoms with van der Waals surface area (Å²) in [5, 5.41) is 2.77. The molecule has 1 heterocycles. The molecule has 18 heavy (non-hydrogen) atoms. The van der Waals surface area contributed by atoms with Gasteiger partial charge in [0.1, 0.15) is 5.54 Å². The third-order valence-corrected chi connectivity index (χ3v) is 4.49. The molecule has 1 aliphatic heterocycles. The number of hydrogen-bond donors (Lipinski definition) is 1. The number of piperazine rings is 1. The molecule has 3 fully saturated rings. The second-order valence-corrected chi connectivity index (χ2v) is 6.70. The standard InChI is InChI=1S/C14H22N2O2/c1-14(2)13(18)16(8-12(17)15-14)7-11(9-3-4-9)10-5-6-10/h9-11H,3-8H2,1-2H3,(H,15,17). The van der Waals surface area contributed by atoms with Crippen LogP contribution in [0, 0.1) is 17.8 Å². The van der Waals surface area contributed by atoms with E-state index in [1.807, 2.05) is 0 Å². The summed E-state index contributed by atoms with van der Waals surface area (Å²) < 4.78 is 0. The van der Waals surface area contributed by atoms with Crippen LogP contribution in [0.1, 0.15) is 39.5 Å². The van der Waals surface area contributed by atoms with Crippen molar-refractivity contribution >= 4 is 11.8 Å². The Morgan fingerprint density at radius 1 is 1.22 bits per heavy atom. The van der Waals surface area contributed by atoms with Gasteiger partial charge in [-0.15, -0.1) is 0 Å². The molecule has 100 valence electrons. The van der Waals surface area contributed by atoms with Gasteiger partial charge in [-0.1, -0.05) is 0 Å². The van der Waals surface area contributed by atoms with E-state index in [1.165, 1.54) is 25.7 Å². The fraction of sp³-hybridized carbons (Fsp3) is 0.857. The lowest BCUT2D eigenvalue weighted by molar-refractivity contribution is -0.149. The van der Waals surface area contributed by atoms with Gasteiger partial charge in [0.05, 0.1) is 6.54 Å². The van der Waals surface area contributed by atoms with E-state index in [2.05, 4.69) is 5.32 Å². The second kappa shape index (κ2) is 3.97. The van der Waals surface area contributed by atoms with E-state index in [9.17, 15) is 9.59 Å². The molecule has 2 aliphatic carbocycles. The van der Waals surface area contributed by atoms with Crippen LogP contribution >= 0.6 is 0 Å². The minimum atomic E-state index is -0.729. The number of amides is 2. The summed E-state index contributed by atoms with van der Waals surface area (Å²) in [6.07, 6.45) is 5.27. The Balaban J connectivity index is 1.70. The zero-order valence-electron chi connectivity index (χ0n) is 11.2. The van der Waals surface area contributed by atoms with Crippen LogP contribution in [0.3, 0.4) is 0 Å². The minimum absolute atomic E-state index is 0.0232. The maximum absolute atomic E-state index is 12.3. The maximum Gasteiger partial charge on any atom is 0.248 e. The van der Waals surface area contributed by atoms with Crippen LogP contribution < -0.4 is 5.32 Å². The monoisotopic (exact) mass is 250 g/mol. The molecule has 0 aromatic rings. The SMILES string of the molecule is CC1(C)NC(=O)CN(CC(C2CC2)C2CC2)C1=O. The van der Waals surface area contributed by atoms with Crippen LogP contribution in [0.25, 0.3) is 0 Å². The molecule has 0 unspecified atom stereocenters. The normalized spacial score (nSPS) is 27.6. The van der Waals surface area contributed by atoms with Crippen LogP contribution in [0.5, 0.6) is 0 Å². The third-order valence-electron chi connectivity index (χ3n) is 4.49. The molecule has 1 saturated heterocycles. The van der Waals surface area contributed by atoms with Crippen molar-refractivity contribution in [2.24, 2.45) is 17.8 Å². The van der Waals surface area contributed by atoms with Crippen molar-refractivity contribution in [3.63, 3.8) is 0 Å². The molecule has 3 aliphatic rings. The first-order valence-corrected chi connectivity index (χ1v) is 7.08. The first-order valence-electron chi connectivity index (χ1n) is 7.08. The highest BCUT2D eigenvalue weighted by molar-refractivity contribution is 5.97. The van der Waals surface area contributed by atoms with Gasteiger partial charge in [-0.2, -0.15) is 0 Å². The quantitative estimate of drug-likeness (QED) is 0.814. The first-order chi connectivity index (χ1) is 8.47. The zero-order chi connectivity index (χ0) is 12.9. The topological polar surface area (TPSA) is 49.4 Å². The van der Waals surface area contributed by atoms with E-state index in [4.69, 9.17) is 0 Å². The summed E-state index contributed by atoms with van der Waals surface area (Å²) in [5.41, 5.74) is -0.729. The predicted octanol–water partition coefficient (Wildman–Crippen LogP) is 1.16. The number of nitrogens with zero attached hydrogens (tertiary/aromatic N) is 1. The number of carbonyl (C=O) groups is 2. The van der Waals surface area contributed by atoms with Crippen molar-refractivity contribution in [3.8, 4) is 0 Å². The molecule has 0 aromatic carbocycles. The molecule has 0 atom stereocenters. The Morgan fingerprint density at radius 3 is 2.28 bits per heavy atom. The molecule has 4 nitrogen and oxygen atoms in total. The van der Waals surface area contributed by atoms with Gasteiger partial charge in [0, 0.05) is 6.54 Å². The van der Waals surface area contributed by atoms with Gasteiger partial charge >= 0.3 is 0 Å². The van der Waals surface area contributed by atoms with E-state index in [-0.39, 0.29) is 18.4 Å². The van der Waals surface area contributed by atoms with Crippen molar-refractivity contribution in [1.29, 1.82) is 0 Å². The molecule has 2 saturated carbocycles. The summed E-state index contributed by atoms with van der Waals surface area (Å²) in [5.74, 6) is 2.34. The van der Waals surface area contributed by atoms with Gasteiger partial charge in [0.25, 0.3) is 0 Å². The fourth-order valence-electron chi connectivity index (χ4n) is 3.22. The molecule has 0 spiro atoms. The number of nitrogens with one attached hydrogen (secondary N) is 1. The number of hydrogen-bond acceptors (Lipinski definition) is 2. The van der Waals surface area contributed by atoms with Crippen molar-refractivity contribution < 1.29 is 9.59 Å². The van der Waals surface area contributed by atoms with Crippen LogP contribution in [0.4, 0.5) is 0 Å². The van der Waals surface area contributed by atoms with E-state index in [0.717, 1.165) is 18.4 Å². The summed E-state index contributed by atoms with van der Waals surface area (Å²) in [4.78, 5) is 25.8. The first kappa shape index (κ1) is 12.0. The lowest BCUT2D eigenvalue weighted by Gasteiger charge is -2.39. The Hall–Kier alpha value is -1.06. The smallest absolute Gasteiger partial charge is 0.248 e. The minimum Gasteiger partial charge on any atom is -0.341 e. The van der Waals surface area contributed by atoms with E-state index in [1.54, 1.807) is 18.7 Å². The largest absolute Gasteiger partial charge is 0.341 e. The highest BCUT2D eigenvalue weighted by atomic mass is 16.2. The van der Waals surface area contributed by atoms with Gasteiger partial charge in [-0.3, -0.25) is 9.59 Å². The van der Waals surface area contributed by atoms with Crippen LogP contribution in [0.15, 0.2) is 0 Å². The van der Waals surface area contributed by atoms with Gasteiger partial charge in [0.2, 0.25) is 11.8 Å². The second-order valence-electron chi connectivity index (χ2n) is 6.70. The van der Waals surface area contributed by atoms with Crippen LogP contribution in [-0.2, 0) is 9.59 Å². The molecule has 0 radical (unpaired) electrons. The fourth-order valence-corrected chi connectivity index (χ4v) is 3.22. The lowest BCUT2D eigenvalue weighted by Crippen LogP contribution is -2.64. The molecule has 4 heteroatoms. The highest BCUT2D eigenvalue weighted by Gasteiger charge is 2.45. The summed E-state index contributed by atoms with van der Waals surface area (Å²) >= 11 is 0. The summed E-state index contributed by atoms with van der Waals surface area (Å²) in [6, 6.07) is 0. The van der Waals surface area contributed by atoms with Crippen molar-refractivity contribution in [2.45, 2.75) is 45.1 Å². The molecule has 2 amide bonds. The van der Waals surface area contributed by atoms with Gasteiger partial charge in [0.15, 0.2) is 0 Å². The Bertz CT molecular complexity index is 371. The van der Waals surface area contributed by atoms with Gasteiger partial charge in [-0.05, 0) is 57.3 Å². The number of rotatable bonds is 4. The van der Waals surface area contributed by atoms with E-state index < -0.39 is 5.54 Å².